The minimum Gasteiger partial charge on any atom is -0.333 e. The largest absolute Gasteiger partial charge is 0.333 e. The van der Waals surface area contributed by atoms with Crippen molar-refractivity contribution in [3.63, 3.8) is 0 Å². The first kappa shape index (κ1) is 13.6. The highest BCUT2D eigenvalue weighted by Gasteiger charge is 2.12. The Labute approximate surface area is 108 Å². The molecule has 0 fully saturated rings. The van der Waals surface area contributed by atoms with Crippen LogP contribution in [-0.2, 0) is 0 Å². The van der Waals surface area contributed by atoms with Gasteiger partial charge < -0.3 is 5.32 Å². The Morgan fingerprint density at radius 3 is 2.76 bits per heavy atom. The van der Waals surface area contributed by atoms with Gasteiger partial charge in [-0.15, -0.1) is 0 Å². The van der Waals surface area contributed by atoms with Gasteiger partial charge in [-0.1, -0.05) is 42.7 Å². The fraction of sp³-hybridized carbons (Fsp3) is 0.308. The Balaban J connectivity index is 2.74. The summed E-state index contributed by atoms with van der Waals surface area (Å²) in [6.45, 7) is 6.41. The van der Waals surface area contributed by atoms with E-state index in [0.717, 1.165) is 11.3 Å². The first-order valence-electron chi connectivity index (χ1n) is 5.51. The molecule has 0 bridgehead atoms. The third-order valence-electron chi connectivity index (χ3n) is 2.38. The molecular formula is C13H18N2OS. The summed E-state index contributed by atoms with van der Waals surface area (Å²) in [6, 6.07) is 5.66. The van der Waals surface area contributed by atoms with E-state index in [0.29, 0.717) is 6.54 Å². The molecule has 2 amide bonds. The molecule has 0 unspecified atom stereocenters. The van der Waals surface area contributed by atoms with Crippen LogP contribution in [0.3, 0.4) is 0 Å². The molecule has 0 atom stereocenters. The normalized spacial score (nSPS) is 10.6. The fourth-order valence-corrected chi connectivity index (χ4v) is 1.79. The molecule has 0 radical (unpaired) electrons. The lowest BCUT2D eigenvalue weighted by Gasteiger charge is -2.18. The highest BCUT2D eigenvalue weighted by Crippen LogP contribution is 2.22. The van der Waals surface area contributed by atoms with Crippen LogP contribution < -0.4 is 9.62 Å². The molecule has 0 aliphatic heterocycles. The van der Waals surface area contributed by atoms with Crippen LogP contribution >= 0.6 is 12.8 Å². The molecule has 92 valence electrons. The smallest absolute Gasteiger partial charge is 0.332 e. The van der Waals surface area contributed by atoms with Crippen molar-refractivity contribution in [3.05, 3.63) is 41.5 Å². The predicted octanol–water partition coefficient (Wildman–Crippen LogP) is 3.24. The molecule has 0 spiro atoms. The number of aryl methyl sites for hydroxylation is 2. The lowest BCUT2D eigenvalue weighted by molar-refractivity contribution is 0.251. The summed E-state index contributed by atoms with van der Waals surface area (Å²) in [5.74, 6) is 0. The van der Waals surface area contributed by atoms with Gasteiger partial charge in [-0.25, -0.2) is 9.10 Å². The van der Waals surface area contributed by atoms with E-state index in [9.17, 15) is 4.79 Å². The van der Waals surface area contributed by atoms with Crippen molar-refractivity contribution in [3.8, 4) is 0 Å². The summed E-state index contributed by atoms with van der Waals surface area (Å²) in [7, 11) is 0. The van der Waals surface area contributed by atoms with Gasteiger partial charge in [0.1, 0.15) is 0 Å². The van der Waals surface area contributed by atoms with Crippen LogP contribution in [-0.4, -0.2) is 12.6 Å². The number of nitrogens with one attached hydrogen (secondary N) is 1. The number of allylic oxidation sites excluding steroid dienone is 1. The molecule has 1 aromatic carbocycles. The standard InChI is InChI=1S/C13H18N2OS/c1-4-5-8-14-13(16)15(17)12-7-6-10(2)9-11(12)3/h4-7,9,17H,8H2,1-3H3,(H,14,16)/b5-4+. The molecule has 4 heteroatoms. The van der Waals surface area contributed by atoms with Crippen LogP contribution in [0.5, 0.6) is 0 Å². The second-order valence-electron chi connectivity index (χ2n) is 3.86. The zero-order valence-electron chi connectivity index (χ0n) is 10.4. The number of thiol groups is 1. The summed E-state index contributed by atoms with van der Waals surface area (Å²) in [5, 5.41) is 2.75. The maximum atomic E-state index is 11.8. The van der Waals surface area contributed by atoms with Crippen LogP contribution in [0.1, 0.15) is 18.1 Å². The zero-order chi connectivity index (χ0) is 12.8. The van der Waals surface area contributed by atoms with E-state index in [1.807, 2.05) is 51.1 Å². The van der Waals surface area contributed by atoms with E-state index >= 15 is 0 Å². The monoisotopic (exact) mass is 250 g/mol. The van der Waals surface area contributed by atoms with Crippen molar-refractivity contribution in [1.29, 1.82) is 0 Å². The molecule has 1 N–H and O–H groups in total. The number of carbonyl (C=O) groups is 1. The Morgan fingerprint density at radius 2 is 2.18 bits per heavy atom. The zero-order valence-corrected chi connectivity index (χ0v) is 11.3. The SMILES string of the molecule is C/C=C/CNC(=O)N(S)c1ccc(C)cc1C. The van der Waals surface area contributed by atoms with Crippen LogP contribution in [0.25, 0.3) is 0 Å². The van der Waals surface area contributed by atoms with Gasteiger partial charge in [0, 0.05) is 6.54 Å². The number of rotatable bonds is 3. The number of hydrogen-bond donors (Lipinski definition) is 2. The van der Waals surface area contributed by atoms with E-state index in [-0.39, 0.29) is 6.03 Å². The van der Waals surface area contributed by atoms with E-state index in [1.54, 1.807) is 0 Å². The highest BCUT2D eigenvalue weighted by atomic mass is 32.1. The number of anilines is 1. The third kappa shape index (κ3) is 3.82. The topological polar surface area (TPSA) is 32.3 Å². The number of amides is 2. The Morgan fingerprint density at radius 1 is 1.47 bits per heavy atom. The van der Waals surface area contributed by atoms with Gasteiger partial charge in [0.2, 0.25) is 0 Å². The van der Waals surface area contributed by atoms with E-state index in [1.165, 1.54) is 9.87 Å². The molecule has 17 heavy (non-hydrogen) atoms. The molecule has 0 saturated heterocycles. The Hall–Kier alpha value is -1.42. The van der Waals surface area contributed by atoms with Gasteiger partial charge in [-0.2, -0.15) is 0 Å². The summed E-state index contributed by atoms with van der Waals surface area (Å²) in [4.78, 5) is 11.8. The summed E-state index contributed by atoms with van der Waals surface area (Å²) < 4.78 is 1.33. The number of urea groups is 1. The van der Waals surface area contributed by atoms with Crippen LogP contribution in [0.2, 0.25) is 0 Å². The molecule has 1 aromatic rings. The van der Waals surface area contributed by atoms with Crippen molar-refractivity contribution in [2.75, 3.05) is 10.8 Å². The number of nitrogens with zero attached hydrogens (tertiary/aromatic N) is 1. The fourth-order valence-electron chi connectivity index (χ4n) is 1.49. The second kappa shape index (κ2) is 6.35. The molecule has 0 aromatic heterocycles. The summed E-state index contributed by atoms with van der Waals surface area (Å²) in [5.41, 5.74) is 3.00. The van der Waals surface area contributed by atoms with E-state index in [4.69, 9.17) is 0 Å². The predicted molar refractivity (Wildman–Crippen MR) is 75.6 cm³/mol. The lowest BCUT2D eigenvalue weighted by Crippen LogP contribution is -2.34. The van der Waals surface area contributed by atoms with Crippen molar-refractivity contribution in [2.24, 2.45) is 0 Å². The van der Waals surface area contributed by atoms with Crippen molar-refractivity contribution in [1.82, 2.24) is 5.32 Å². The van der Waals surface area contributed by atoms with Gasteiger partial charge in [0.05, 0.1) is 5.69 Å². The maximum absolute atomic E-state index is 11.8. The van der Waals surface area contributed by atoms with Gasteiger partial charge >= 0.3 is 6.03 Å². The van der Waals surface area contributed by atoms with Crippen molar-refractivity contribution < 1.29 is 4.79 Å². The molecule has 1 rings (SSSR count). The molecular weight excluding hydrogens is 232 g/mol. The number of carbonyl (C=O) groups excluding carboxylic acids is 1. The minimum absolute atomic E-state index is 0.224. The quantitative estimate of drug-likeness (QED) is 0.626. The molecule has 3 nitrogen and oxygen atoms in total. The van der Waals surface area contributed by atoms with E-state index in [2.05, 4.69) is 18.1 Å². The second-order valence-corrected chi connectivity index (χ2v) is 4.26. The van der Waals surface area contributed by atoms with Gasteiger partial charge in [0.25, 0.3) is 0 Å². The first-order chi connectivity index (χ1) is 8.06. The van der Waals surface area contributed by atoms with Gasteiger partial charge in [-0.3, -0.25) is 0 Å². The van der Waals surface area contributed by atoms with Crippen molar-refractivity contribution in [2.45, 2.75) is 20.8 Å². The molecule has 0 heterocycles. The molecule has 0 aliphatic rings. The number of benzene rings is 1. The first-order valence-corrected chi connectivity index (χ1v) is 5.91. The lowest BCUT2D eigenvalue weighted by atomic mass is 10.1. The molecule has 0 aliphatic carbocycles. The van der Waals surface area contributed by atoms with Crippen LogP contribution in [0.4, 0.5) is 10.5 Å². The Kier molecular flexibility index (Phi) is 5.10. The number of hydrogen-bond acceptors (Lipinski definition) is 2. The highest BCUT2D eigenvalue weighted by molar-refractivity contribution is 7.82. The van der Waals surface area contributed by atoms with Crippen molar-refractivity contribution >= 4 is 24.5 Å². The van der Waals surface area contributed by atoms with Gasteiger partial charge in [-0.05, 0) is 32.4 Å². The van der Waals surface area contributed by atoms with Crippen LogP contribution in [0, 0.1) is 13.8 Å². The van der Waals surface area contributed by atoms with Crippen LogP contribution in [0.15, 0.2) is 30.4 Å². The van der Waals surface area contributed by atoms with E-state index < -0.39 is 0 Å². The maximum Gasteiger partial charge on any atom is 0.332 e. The minimum atomic E-state index is -0.224. The third-order valence-corrected chi connectivity index (χ3v) is 2.78. The molecule has 0 saturated carbocycles. The Bertz CT molecular complexity index is 429. The average Bonchev–Trinajstić information content (AvgIpc) is 2.28. The van der Waals surface area contributed by atoms with Gasteiger partial charge in [0.15, 0.2) is 0 Å². The summed E-state index contributed by atoms with van der Waals surface area (Å²) >= 11 is 4.22. The summed E-state index contributed by atoms with van der Waals surface area (Å²) in [6.07, 6.45) is 3.77. The average molecular weight is 250 g/mol.